The van der Waals surface area contributed by atoms with Crippen LogP contribution in [0, 0.1) is 5.92 Å². The summed E-state index contributed by atoms with van der Waals surface area (Å²) >= 11 is 0. The van der Waals surface area contributed by atoms with Gasteiger partial charge in [0.05, 0.1) is 0 Å². The molecule has 1 fully saturated rings. The van der Waals surface area contributed by atoms with E-state index in [-0.39, 0.29) is 11.8 Å². The fourth-order valence-electron chi connectivity index (χ4n) is 3.35. The average molecular weight is 367 g/mol. The van der Waals surface area contributed by atoms with E-state index < -0.39 is 0 Å². The van der Waals surface area contributed by atoms with Gasteiger partial charge < -0.3 is 20.3 Å². The number of amides is 1. The van der Waals surface area contributed by atoms with Crippen LogP contribution in [0.3, 0.4) is 0 Å². The molecule has 1 aliphatic rings. The maximum atomic E-state index is 12.3. The third-order valence-corrected chi connectivity index (χ3v) is 5.03. The second kappa shape index (κ2) is 9.42. The van der Waals surface area contributed by atoms with Gasteiger partial charge in [-0.1, -0.05) is 0 Å². The minimum Gasteiger partial charge on any atom is -0.381 e. The zero-order chi connectivity index (χ0) is 19.1. The van der Waals surface area contributed by atoms with Crippen LogP contribution in [0.1, 0.15) is 26.7 Å². The molecule has 0 aromatic heterocycles. The molecular formula is C22H29N3O2. The Morgan fingerprint density at radius 2 is 1.44 bits per heavy atom. The van der Waals surface area contributed by atoms with Gasteiger partial charge in [0.25, 0.3) is 0 Å². The van der Waals surface area contributed by atoms with Gasteiger partial charge in [-0.3, -0.25) is 4.79 Å². The van der Waals surface area contributed by atoms with Crippen molar-refractivity contribution in [3.63, 3.8) is 0 Å². The zero-order valence-electron chi connectivity index (χ0n) is 16.2. The molecule has 1 heterocycles. The van der Waals surface area contributed by atoms with Crippen molar-refractivity contribution in [2.75, 3.05) is 41.8 Å². The zero-order valence-corrected chi connectivity index (χ0v) is 16.2. The topological polar surface area (TPSA) is 53.6 Å². The summed E-state index contributed by atoms with van der Waals surface area (Å²) in [4.78, 5) is 14.6. The highest BCUT2D eigenvalue weighted by Gasteiger charge is 2.21. The summed E-state index contributed by atoms with van der Waals surface area (Å²) in [6, 6.07) is 16.3. The number of carbonyl (C=O) groups excluding carboxylic acids is 1. The maximum Gasteiger partial charge on any atom is 0.227 e. The first-order chi connectivity index (χ1) is 13.2. The van der Waals surface area contributed by atoms with Crippen molar-refractivity contribution in [1.29, 1.82) is 0 Å². The van der Waals surface area contributed by atoms with E-state index in [4.69, 9.17) is 4.74 Å². The third-order valence-electron chi connectivity index (χ3n) is 5.03. The Morgan fingerprint density at radius 1 is 0.926 bits per heavy atom. The molecule has 2 N–H and O–H groups in total. The molecule has 2 aromatic rings. The molecule has 5 nitrogen and oxygen atoms in total. The smallest absolute Gasteiger partial charge is 0.227 e. The summed E-state index contributed by atoms with van der Waals surface area (Å²) in [7, 11) is 0. The maximum absolute atomic E-state index is 12.3. The molecule has 144 valence electrons. The SMILES string of the molecule is CCN(CC)c1ccc(Nc2ccc(NC(=O)C3CCOCC3)cc2)cc1. The van der Waals surface area contributed by atoms with Crippen LogP contribution in [-0.4, -0.2) is 32.2 Å². The van der Waals surface area contributed by atoms with Gasteiger partial charge in [-0.05, 0) is 75.2 Å². The third kappa shape index (κ3) is 5.23. The van der Waals surface area contributed by atoms with Crippen LogP contribution in [0.5, 0.6) is 0 Å². The van der Waals surface area contributed by atoms with Crippen molar-refractivity contribution in [3.8, 4) is 0 Å². The second-order valence-corrected chi connectivity index (χ2v) is 6.80. The normalized spacial score (nSPS) is 14.6. The van der Waals surface area contributed by atoms with E-state index in [1.807, 2.05) is 24.3 Å². The van der Waals surface area contributed by atoms with Gasteiger partial charge in [0, 0.05) is 55.0 Å². The quantitative estimate of drug-likeness (QED) is 0.748. The summed E-state index contributed by atoms with van der Waals surface area (Å²) in [6.07, 6.45) is 1.60. The van der Waals surface area contributed by atoms with Gasteiger partial charge in [-0.15, -0.1) is 0 Å². The number of hydrogen-bond donors (Lipinski definition) is 2. The molecule has 0 saturated carbocycles. The molecule has 0 spiro atoms. The first-order valence-corrected chi connectivity index (χ1v) is 9.80. The van der Waals surface area contributed by atoms with E-state index in [1.165, 1.54) is 5.69 Å². The van der Waals surface area contributed by atoms with Gasteiger partial charge >= 0.3 is 0 Å². The van der Waals surface area contributed by atoms with Crippen LogP contribution in [0.2, 0.25) is 0 Å². The second-order valence-electron chi connectivity index (χ2n) is 6.80. The predicted octanol–water partition coefficient (Wildman–Crippen LogP) is 4.64. The van der Waals surface area contributed by atoms with Gasteiger partial charge in [0.2, 0.25) is 5.91 Å². The van der Waals surface area contributed by atoms with E-state index in [0.29, 0.717) is 13.2 Å². The number of hydrogen-bond acceptors (Lipinski definition) is 4. The Bertz CT molecular complexity index is 718. The Labute approximate surface area is 161 Å². The van der Waals surface area contributed by atoms with Crippen molar-refractivity contribution >= 4 is 28.7 Å². The highest BCUT2D eigenvalue weighted by molar-refractivity contribution is 5.92. The van der Waals surface area contributed by atoms with Crippen molar-refractivity contribution < 1.29 is 9.53 Å². The number of anilines is 4. The molecule has 0 atom stereocenters. The lowest BCUT2D eigenvalue weighted by molar-refractivity contribution is -0.122. The molecule has 3 rings (SSSR count). The van der Waals surface area contributed by atoms with Crippen LogP contribution in [0.15, 0.2) is 48.5 Å². The first kappa shape index (κ1) is 19.2. The van der Waals surface area contributed by atoms with Crippen LogP contribution in [0.25, 0.3) is 0 Å². The fourth-order valence-corrected chi connectivity index (χ4v) is 3.35. The fraction of sp³-hybridized carbons (Fsp3) is 0.409. The van der Waals surface area contributed by atoms with E-state index >= 15 is 0 Å². The lowest BCUT2D eigenvalue weighted by Gasteiger charge is -2.21. The molecule has 0 aliphatic carbocycles. The van der Waals surface area contributed by atoms with E-state index in [1.54, 1.807) is 0 Å². The molecule has 5 heteroatoms. The summed E-state index contributed by atoms with van der Waals surface area (Å²) in [5.41, 5.74) is 4.10. The standard InChI is InChI=1S/C22H29N3O2/c1-3-25(4-2)21-11-9-19(10-12-21)23-18-5-7-20(8-6-18)24-22(26)17-13-15-27-16-14-17/h5-12,17,23H,3-4,13-16H2,1-2H3,(H,24,26). The van der Waals surface area contributed by atoms with E-state index in [9.17, 15) is 4.79 Å². The average Bonchev–Trinajstić information content (AvgIpc) is 2.72. The summed E-state index contributed by atoms with van der Waals surface area (Å²) in [5.74, 6) is 0.145. The highest BCUT2D eigenvalue weighted by Crippen LogP contribution is 2.23. The van der Waals surface area contributed by atoms with E-state index in [2.05, 4.69) is 53.6 Å². The van der Waals surface area contributed by atoms with Crippen molar-refractivity contribution in [3.05, 3.63) is 48.5 Å². The molecule has 1 amide bonds. The van der Waals surface area contributed by atoms with Crippen molar-refractivity contribution in [1.82, 2.24) is 0 Å². The lowest BCUT2D eigenvalue weighted by Crippen LogP contribution is -2.28. The van der Waals surface area contributed by atoms with Gasteiger partial charge in [-0.2, -0.15) is 0 Å². The highest BCUT2D eigenvalue weighted by atomic mass is 16.5. The molecule has 0 radical (unpaired) electrons. The van der Waals surface area contributed by atoms with Gasteiger partial charge in [0.1, 0.15) is 0 Å². The number of nitrogens with one attached hydrogen (secondary N) is 2. The van der Waals surface area contributed by atoms with Crippen molar-refractivity contribution in [2.24, 2.45) is 5.92 Å². The number of ether oxygens (including phenoxy) is 1. The molecule has 2 aromatic carbocycles. The predicted molar refractivity (Wildman–Crippen MR) is 112 cm³/mol. The van der Waals surface area contributed by atoms with Crippen molar-refractivity contribution in [2.45, 2.75) is 26.7 Å². The lowest BCUT2D eigenvalue weighted by atomic mass is 9.99. The number of carbonyl (C=O) groups is 1. The summed E-state index contributed by atoms with van der Waals surface area (Å²) < 4.78 is 5.31. The Balaban J connectivity index is 1.56. The molecule has 0 unspecified atom stereocenters. The Kier molecular flexibility index (Phi) is 6.71. The number of rotatable bonds is 7. The Hall–Kier alpha value is -2.53. The molecule has 27 heavy (non-hydrogen) atoms. The largest absolute Gasteiger partial charge is 0.381 e. The van der Waals surface area contributed by atoms with Crippen LogP contribution in [-0.2, 0) is 9.53 Å². The summed E-state index contributed by atoms with van der Waals surface area (Å²) in [5, 5.41) is 6.41. The van der Waals surface area contributed by atoms with Crippen LogP contribution >= 0.6 is 0 Å². The van der Waals surface area contributed by atoms with Crippen LogP contribution < -0.4 is 15.5 Å². The first-order valence-electron chi connectivity index (χ1n) is 9.80. The molecule has 0 bridgehead atoms. The minimum atomic E-state index is 0.0564. The van der Waals surface area contributed by atoms with Gasteiger partial charge in [0.15, 0.2) is 0 Å². The van der Waals surface area contributed by atoms with Crippen LogP contribution in [0.4, 0.5) is 22.7 Å². The summed E-state index contributed by atoms with van der Waals surface area (Å²) in [6.45, 7) is 7.69. The number of nitrogens with zero attached hydrogens (tertiary/aromatic N) is 1. The van der Waals surface area contributed by atoms with Gasteiger partial charge in [-0.25, -0.2) is 0 Å². The molecule has 1 aliphatic heterocycles. The monoisotopic (exact) mass is 367 g/mol. The van der Waals surface area contributed by atoms with E-state index in [0.717, 1.165) is 43.0 Å². The molecule has 1 saturated heterocycles. The minimum absolute atomic E-state index is 0.0564. The number of benzene rings is 2. The Morgan fingerprint density at radius 3 is 2.00 bits per heavy atom. The molecular weight excluding hydrogens is 338 g/mol.